The summed E-state index contributed by atoms with van der Waals surface area (Å²) in [7, 11) is 0. The molecule has 1 fully saturated rings. The molecule has 16 heavy (non-hydrogen) atoms. The molecular formula is C9H15F3N2O2. The van der Waals surface area contributed by atoms with Gasteiger partial charge in [-0.3, -0.25) is 0 Å². The van der Waals surface area contributed by atoms with Crippen molar-refractivity contribution in [1.82, 2.24) is 10.2 Å². The van der Waals surface area contributed by atoms with Crippen LogP contribution in [0, 0.1) is 5.92 Å². The molecule has 94 valence electrons. The molecule has 0 aliphatic carbocycles. The second-order valence-electron chi connectivity index (χ2n) is 3.91. The molecular weight excluding hydrogens is 225 g/mol. The first-order chi connectivity index (χ1) is 7.38. The predicted octanol–water partition coefficient (Wildman–Crippen LogP) is 0.961. The summed E-state index contributed by atoms with van der Waals surface area (Å²) in [5, 5.41) is 10.6. The summed E-state index contributed by atoms with van der Waals surface area (Å²) >= 11 is 0. The number of urea groups is 1. The van der Waals surface area contributed by atoms with Crippen LogP contribution in [0.15, 0.2) is 0 Å². The van der Waals surface area contributed by atoms with Crippen LogP contribution >= 0.6 is 0 Å². The van der Waals surface area contributed by atoms with Crippen LogP contribution in [0.2, 0.25) is 0 Å². The molecule has 0 aromatic carbocycles. The average molecular weight is 240 g/mol. The number of carbonyl (C=O) groups excluding carboxylic acids is 1. The van der Waals surface area contributed by atoms with Crippen molar-refractivity contribution in [1.29, 1.82) is 0 Å². The van der Waals surface area contributed by atoms with Crippen molar-refractivity contribution in [2.75, 3.05) is 19.7 Å². The van der Waals surface area contributed by atoms with Gasteiger partial charge in [0, 0.05) is 25.6 Å². The average Bonchev–Trinajstić information content (AvgIpc) is 2.10. The minimum absolute atomic E-state index is 0.00304. The Hall–Kier alpha value is -0.980. The fourth-order valence-corrected chi connectivity index (χ4v) is 1.51. The Balaban J connectivity index is 2.39. The van der Waals surface area contributed by atoms with Crippen LogP contribution in [0.4, 0.5) is 18.0 Å². The standard InChI is InChI=1S/C9H15F3N2O2/c1-2-7(9(10,11)12)13-8(16)14-3-6(4-14)5-15/h6-7,15H,2-5H2,1H3,(H,13,16)/t7-/m0/s1. The zero-order chi connectivity index (χ0) is 12.3. The highest BCUT2D eigenvalue weighted by molar-refractivity contribution is 5.75. The second-order valence-corrected chi connectivity index (χ2v) is 3.91. The van der Waals surface area contributed by atoms with Gasteiger partial charge in [0.1, 0.15) is 6.04 Å². The molecule has 0 unspecified atom stereocenters. The van der Waals surface area contributed by atoms with Gasteiger partial charge >= 0.3 is 12.2 Å². The lowest BCUT2D eigenvalue weighted by atomic mass is 10.0. The fraction of sp³-hybridized carbons (Fsp3) is 0.889. The summed E-state index contributed by atoms with van der Waals surface area (Å²) in [4.78, 5) is 12.6. The zero-order valence-corrected chi connectivity index (χ0v) is 8.92. The smallest absolute Gasteiger partial charge is 0.396 e. The quantitative estimate of drug-likeness (QED) is 0.772. The molecule has 0 aromatic rings. The maximum absolute atomic E-state index is 12.3. The van der Waals surface area contributed by atoms with Gasteiger partial charge in [-0.15, -0.1) is 0 Å². The molecule has 0 radical (unpaired) electrons. The number of halogens is 3. The van der Waals surface area contributed by atoms with E-state index in [0.717, 1.165) is 0 Å². The monoisotopic (exact) mass is 240 g/mol. The Kier molecular flexibility index (Phi) is 4.01. The number of nitrogens with zero attached hydrogens (tertiary/aromatic N) is 1. The van der Waals surface area contributed by atoms with E-state index in [0.29, 0.717) is 13.1 Å². The van der Waals surface area contributed by atoms with E-state index in [9.17, 15) is 18.0 Å². The van der Waals surface area contributed by atoms with E-state index in [1.54, 1.807) is 0 Å². The molecule has 2 N–H and O–H groups in total. The van der Waals surface area contributed by atoms with Gasteiger partial charge in [0.25, 0.3) is 0 Å². The van der Waals surface area contributed by atoms with Crippen LogP contribution in [0.5, 0.6) is 0 Å². The summed E-state index contributed by atoms with van der Waals surface area (Å²) in [6, 6.07) is -2.51. The maximum Gasteiger partial charge on any atom is 0.408 e. The van der Waals surface area contributed by atoms with E-state index < -0.39 is 18.2 Å². The maximum atomic E-state index is 12.3. The zero-order valence-electron chi connectivity index (χ0n) is 8.92. The van der Waals surface area contributed by atoms with Crippen molar-refractivity contribution in [2.45, 2.75) is 25.6 Å². The van der Waals surface area contributed by atoms with Crippen LogP contribution in [0.3, 0.4) is 0 Å². The molecule has 0 aromatic heterocycles. The van der Waals surface area contributed by atoms with E-state index in [1.165, 1.54) is 11.8 Å². The number of amides is 2. The highest BCUT2D eigenvalue weighted by atomic mass is 19.4. The van der Waals surface area contributed by atoms with E-state index >= 15 is 0 Å². The van der Waals surface area contributed by atoms with Crippen molar-refractivity contribution in [3.05, 3.63) is 0 Å². The van der Waals surface area contributed by atoms with Crippen molar-refractivity contribution >= 4 is 6.03 Å². The third kappa shape index (κ3) is 3.01. The van der Waals surface area contributed by atoms with Gasteiger partial charge in [-0.05, 0) is 6.42 Å². The molecule has 2 amide bonds. The molecule has 4 nitrogen and oxygen atoms in total. The first-order valence-electron chi connectivity index (χ1n) is 5.11. The Morgan fingerprint density at radius 1 is 1.56 bits per heavy atom. The van der Waals surface area contributed by atoms with E-state index in [4.69, 9.17) is 5.11 Å². The molecule has 0 saturated carbocycles. The van der Waals surface area contributed by atoms with Gasteiger partial charge in [-0.1, -0.05) is 6.92 Å². The SMILES string of the molecule is CC[C@H](NC(=O)N1CC(CO)C1)C(F)(F)F. The number of aliphatic hydroxyl groups is 1. The summed E-state index contributed by atoms with van der Waals surface area (Å²) in [5.74, 6) is -0.00304. The summed E-state index contributed by atoms with van der Waals surface area (Å²) in [6.07, 6.45) is -4.60. The molecule has 1 atom stereocenters. The lowest BCUT2D eigenvalue weighted by molar-refractivity contribution is -0.154. The molecule has 0 spiro atoms. The van der Waals surface area contributed by atoms with Gasteiger partial charge in [0.2, 0.25) is 0 Å². The van der Waals surface area contributed by atoms with Crippen LogP contribution in [0.25, 0.3) is 0 Å². The lowest BCUT2D eigenvalue weighted by Crippen LogP contribution is -2.58. The molecule has 1 aliphatic heterocycles. The first kappa shape index (κ1) is 13.1. The number of alkyl halides is 3. The molecule has 1 rings (SSSR count). The third-order valence-electron chi connectivity index (χ3n) is 2.60. The number of hydrogen-bond donors (Lipinski definition) is 2. The Morgan fingerprint density at radius 2 is 2.12 bits per heavy atom. The number of hydrogen-bond acceptors (Lipinski definition) is 2. The van der Waals surface area contributed by atoms with Crippen LogP contribution in [0.1, 0.15) is 13.3 Å². The topological polar surface area (TPSA) is 52.6 Å². The second kappa shape index (κ2) is 4.90. The largest absolute Gasteiger partial charge is 0.408 e. The summed E-state index contributed by atoms with van der Waals surface area (Å²) < 4.78 is 37.0. The van der Waals surface area contributed by atoms with Gasteiger partial charge in [0.15, 0.2) is 0 Å². The van der Waals surface area contributed by atoms with Gasteiger partial charge in [0.05, 0.1) is 0 Å². The molecule has 1 saturated heterocycles. The van der Waals surface area contributed by atoms with E-state index in [-0.39, 0.29) is 18.9 Å². The Morgan fingerprint density at radius 3 is 2.50 bits per heavy atom. The third-order valence-corrected chi connectivity index (χ3v) is 2.60. The van der Waals surface area contributed by atoms with Gasteiger partial charge < -0.3 is 15.3 Å². The first-order valence-corrected chi connectivity index (χ1v) is 5.11. The van der Waals surface area contributed by atoms with Crippen molar-refractivity contribution < 1.29 is 23.1 Å². The summed E-state index contributed by atoms with van der Waals surface area (Å²) in [6.45, 7) is 1.96. The minimum Gasteiger partial charge on any atom is -0.396 e. The van der Waals surface area contributed by atoms with E-state index in [2.05, 4.69) is 0 Å². The summed E-state index contributed by atoms with van der Waals surface area (Å²) in [5.41, 5.74) is 0. The minimum atomic E-state index is -4.41. The normalized spacial score (nSPS) is 19.2. The Labute approximate surface area is 91.4 Å². The van der Waals surface area contributed by atoms with Crippen LogP contribution in [-0.2, 0) is 0 Å². The van der Waals surface area contributed by atoms with Crippen LogP contribution < -0.4 is 5.32 Å². The lowest BCUT2D eigenvalue weighted by Gasteiger charge is -2.39. The van der Waals surface area contributed by atoms with E-state index in [1.807, 2.05) is 5.32 Å². The van der Waals surface area contributed by atoms with Crippen LogP contribution in [-0.4, -0.2) is 48.0 Å². The van der Waals surface area contributed by atoms with Gasteiger partial charge in [-0.25, -0.2) is 4.79 Å². The highest BCUT2D eigenvalue weighted by Crippen LogP contribution is 2.23. The number of likely N-dealkylation sites (tertiary alicyclic amines) is 1. The number of aliphatic hydroxyl groups excluding tert-OH is 1. The molecule has 1 heterocycles. The number of rotatable bonds is 3. The Bertz CT molecular complexity index is 252. The highest BCUT2D eigenvalue weighted by Gasteiger charge is 2.41. The fourth-order valence-electron chi connectivity index (χ4n) is 1.51. The van der Waals surface area contributed by atoms with Crippen molar-refractivity contribution in [3.63, 3.8) is 0 Å². The number of carbonyl (C=O) groups is 1. The number of nitrogens with one attached hydrogen (secondary N) is 1. The molecule has 0 bridgehead atoms. The predicted molar refractivity (Wildman–Crippen MR) is 50.8 cm³/mol. The molecule has 7 heteroatoms. The van der Waals surface area contributed by atoms with Crippen molar-refractivity contribution in [3.8, 4) is 0 Å². The van der Waals surface area contributed by atoms with Gasteiger partial charge in [-0.2, -0.15) is 13.2 Å². The molecule has 1 aliphatic rings. The van der Waals surface area contributed by atoms with Crippen molar-refractivity contribution in [2.24, 2.45) is 5.92 Å².